The summed E-state index contributed by atoms with van der Waals surface area (Å²) >= 11 is 9.99. The van der Waals surface area contributed by atoms with E-state index >= 15 is 0 Å². The van der Waals surface area contributed by atoms with Crippen LogP contribution in [-0.2, 0) is 9.59 Å². The van der Waals surface area contributed by atoms with E-state index in [2.05, 4.69) is 21.6 Å². The first kappa shape index (κ1) is 26.4. The van der Waals surface area contributed by atoms with Crippen molar-refractivity contribution in [2.45, 2.75) is 36.9 Å². The number of benzene rings is 1. The number of nitrogens with zero attached hydrogens (tertiary/aromatic N) is 4. The molecule has 5 rings (SSSR count). The summed E-state index contributed by atoms with van der Waals surface area (Å²) in [5.74, 6) is -0.317. The molecule has 1 aliphatic carbocycles. The molecule has 1 amide bonds. The molecule has 2 aromatic heterocycles. The molecule has 0 saturated carbocycles. The van der Waals surface area contributed by atoms with E-state index in [-0.39, 0.29) is 28.7 Å². The fourth-order valence-electron chi connectivity index (χ4n) is 4.71. The molecule has 38 heavy (non-hydrogen) atoms. The molecule has 3 aromatic rings. The highest BCUT2D eigenvalue weighted by Gasteiger charge is 2.45. The predicted molar refractivity (Wildman–Crippen MR) is 152 cm³/mol. The number of nitrogens with two attached hydrogens (primary N) is 1. The average Bonchev–Trinajstić information content (AvgIpc) is 3.54. The number of thioether (sulfide) groups is 1. The van der Waals surface area contributed by atoms with Gasteiger partial charge in [0.2, 0.25) is 11.0 Å². The van der Waals surface area contributed by atoms with Crippen LogP contribution in [0.15, 0.2) is 68.8 Å². The first-order valence-electron chi connectivity index (χ1n) is 11.7. The number of nitrogens with one attached hydrogen (secondary N) is 1. The van der Waals surface area contributed by atoms with E-state index in [9.17, 15) is 14.9 Å². The first-order chi connectivity index (χ1) is 18.2. The molecule has 3 heterocycles. The summed E-state index contributed by atoms with van der Waals surface area (Å²) < 4.78 is 0.566. The highest BCUT2D eigenvalue weighted by Crippen LogP contribution is 2.51. The maximum atomic E-state index is 13.5. The number of thiophene rings is 1. The Kier molecular flexibility index (Phi) is 7.33. The van der Waals surface area contributed by atoms with Crippen LogP contribution in [0.3, 0.4) is 0 Å². The number of hydrogen-bond acceptors (Lipinski definition) is 10. The van der Waals surface area contributed by atoms with Crippen molar-refractivity contribution in [2.24, 2.45) is 11.1 Å². The highest BCUT2D eigenvalue weighted by molar-refractivity contribution is 8.01. The van der Waals surface area contributed by atoms with Gasteiger partial charge in [-0.1, -0.05) is 60.7 Å². The van der Waals surface area contributed by atoms with Gasteiger partial charge in [-0.3, -0.25) is 14.5 Å². The molecular weight excluding hydrogens is 560 g/mol. The lowest BCUT2D eigenvalue weighted by Crippen LogP contribution is -2.42. The van der Waals surface area contributed by atoms with E-state index in [0.29, 0.717) is 44.2 Å². The molecule has 1 atom stereocenters. The Labute approximate surface area is 237 Å². The molecule has 1 aliphatic heterocycles. The molecule has 1 aromatic carbocycles. The lowest BCUT2D eigenvalue weighted by Gasteiger charge is -2.42. The van der Waals surface area contributed by atoms with E-state index in [1.807, 2.05) is 31.4 Å². The van der Waals surface area contributed by atoms with Crippen molar-refractivity contribution in [1.29, 1.82) is 5.26 Å². The second-order valence-corrected chi connectivity index (χ2v) is 13.3. The Bertz CT molecular complexity index is 1520. The second kappa shape index (κ2) is 10.5. The minimum Gasteiger partial charge on any atom is -0.384 e. The van der Waals surface area contributed by atoms with Gasteiger partial charge < -0.3 is 11.1 Å². The molecule has 0 bridgehead atoms. The lowest BCUT2D eigenvalue weighted by atomic mass is 9.70. The SMILES string of the molecule is CC1(C)CC(=O)C2=C(C1)N(c1nnc(SCC(=O)Nc3cccc(Cl)c3)s1)C(N)=C(C#N)C2c1cccs1. The third-order valence-electron chi connectivity index (χ3n) is 6.23. The topological polar surface area (TPSA) is 125 Å². The van der Waals surface area contributed by atoms with Crippen LogP contribution in [0.5, 0.6) is 0 Å². The number of ketones is 1. The molecule has 2 aliphatic rings. The van der Waals surface area contributed by atoms with E-state index < -0.39 is 5.92 Å². The second-order valence-electron chi connectivity index (χ2n) is 9.69. The van der Waals surface area contributed by atoms with Crippen molar-refractivity contribution >= 4 is 68.5 Å². The van der Waals surface area contributed by atoms with Crippen LogP contribution in [0.25, 0.3) is 0 Å². The summed E-state index contributed by atoms with van der Waals surface area (Å²) in [4.78, 5) is 28.6. The minimum atomic E-state index is -0.494. The molecule has 12 heteroatoms. The number of amides is 1. The van der Waals surface area contributed by atoms with Crippen LogP contribution in [0.4, 0.5) is 10.8 Å². The summed E-state index contributed by atoms with van der Waals surface area (Å²) in [5, 5.41) is 24.5. The number of carbonyl (C=O) groups is 2. The van der Waals surface area contributed by atoms with Crippen molar-refractivity contribution in [3.63, 3.8) is 0 Å². The van der Waals surface area contributed by atoms with E-state index in [1.54, 1.807) is 29.2 Å². The van der Waals surface area contributed by atoms with Crippen molar-refractivity contribution in [2.75, 3.05) is 16.0 Å². The van der Waals surface area contributed by atoms with Gasteiger partial charge in [-0.2, -0.15) is 5.26 Å². The molecule has 8 nitrogen and oxygen atoms in total. The Morgan fingerprint density at radius 1 is 1.32 bits per heavy atom. The van der Waals surface area contributed by atoms with Crippen LogP contribution in [-0.4, -0.2) is 27.6 Å². The zero-order valence-corrected chi connectivity index (χ0v) is 23.7. The normalized spacial score (nSPS) is 18.8. The summed E-state index contributed by atoms with van der Waals surface area (Å²) in [5.41, 5.74) is 8.65. The lowest BCUT2D eigenvalue weighted by molar-refractivity contribution is -0.118. The Morgan fingerprint density at radius 3 is 2.84 bits per heavy atom. The van der Waals surface area contributed by atoms with E-state index in [1.165, 1.54) is 34.4 Å². The number of carbonyl (C=O) groups excluding carboxylic acids is 2. The van der Waals surface area contributed by atoms with Crippen LogP contribution in [0.1, 0.15) is 37.5 Å². The third kappa shape index (κ3) is 5.22. The Balaban J connectivity index is 1.44. The zero-order valence-electron chi connectivity index (χ0n) is 20.5. The van der Waals surface area contributed by atoms with Crippen molar-refractivity contribution in [1.82, 2.24) is 10.2 Å². The average molecular weight is 583 g/mol. The highest BCUT2D eigenvalue weighted by atomic mass is 35.5. The summed E-state index contributed by atoms with van der Waals surface area (Å²) in [7, 11) is 0. The predicted octanol–water partition coefficient (Wildman–Crippen LogP) is 5.92. The molecule has 194 valence electrons. The van der Waals surface area contributed by atoms with Crippen molar-refractivity contribution in [3.8, 4) is 6.07 Å². The van der Waals surface area contributed by atoms with Gasteiger partial charge in [0.15, 0.2) is 10.1 Å². The standard InChI is InChI=1S/C26H23ClN6O2S3/c1-26(2)10-17-22(18(34)11-26)21(19-7-4-8-36-19)16(12-28)23(29)33(17)24-31-32-25(38-24)37-13-20(35)30-15-6-3-5-14(27)9-15/h3-9,21H,10-11,13,29H2,1-2H3,(H,30,35). The molecule has 0 fully saturated rings. The number of hydrogen-bond donors (Lipinski definition) is 2. The van der Waals surface area contributed by atoms with Crippen molar-refractivity contribution in [3.05, 3.63) is 74.3 Å². The Morgan fingerprint density at radius 2 is 2.13 bits per heavy atom. The van der Waals surface area contributed by atoms with Gasteiger partial charge in [0.25, 0.3) is 0 Å². The minimum absolute atomic E-state index is 0.0108. The van der Waals surface area contributed by atoms with Crippen molar-refractivity contribution < 1.29 is 9.59 Å². The smallest absolute Gasteiger partial charge is 0.234 e. The molecule has 3 N–H and O–H groups in total. The number of aromatic nitrogens is 2. The molecule has 0 spiro atoms. The van der Waals surface area contributed by atoms with Gasteiger partial charge >= 0.3 is 0 Å². The number of halogens is 1. The number of Topliss-reactive ketones (excluding diaryl/α,β-unsaturated/α-hetero) is 1. The Hall–Kier alpha value is -3.17. The van der Waals surface area contributed by atoms with Crippen LogP contribution in [0.2, 0.25) is 5.02 Å². The third-order valence-corrected chi connectivity index (χ3v) is 9.44. The fourth-order valence-corrected chi connectivity index (χ4v) is 7.42. The molecule has 1 unspecified atom stereocenters. The van der Waals surface area contributed by atoms with Gasteiger partial charge in [0.1, 0.15) is 5.82 Å². The number of anilines is 2. The van der Waals surface area contributed by atoms with Gasteiger partial charge in [-0.15, -0.1) is 21.5 Å². The van der Waals surface area contributed by atoms with Crippen LogP contribution < -0.4 is 16.0 Å². The van der Waals surface area contributed by atoms with Gasteiger partial charge in [0.05, 0.1) is 23.3 Å². The largest absolute Gasteiger partial charge is 0.384 e. The number of nitriles is 1. The maximum Gasteiger partial charge on any atom is 0.234 e. The maximum absolute atomic E-state index is 13.5. The zero-order chi connectivity index (χ0) is 27.0. The first-order valence-corrected chi connectivity index (χ1v) is 14.7. The number of allylic oxidation sites excluding steroid dienone is 3. The number of rotatable bonds is 6. The molecule has 0 saturated heterocycles. The monoisotopic (exact) mass is 582 g/mol. The van der Waals surface area contributed by atoms with Crippen LogP contribution in [0, 0.1) is 16.7 Å². The summed E-state index contributed by atoms with van der Waals surface area (Å²) in [6.07, 6.45) is 0.985. The summed E-state index contributed by atoms with van der Waals surface area (Å²) in [6, 6.07) is 13.0. The van der Waals surface area contributed by atoms with Crippen LogP contribution >= 0.6 is 46.0 Å². The van der Waals surface area contributed by atoms with Gasteiger partial charge in [-0.25, -0.2) is 0 Å². The van der Waals surface area contributed by atoms with E-state index in [0.717, 1.165) is 10.6 Å². The summed E-state index contributed by atoms with van der Waals surface area (Å²) in [6.45, 7) is 4.10. The fraction of sp³-hybridized carbons (Fsp3) is 0.269. The molecular formula is C26H23ClN6O2S3. The quantitative estimate of drug-likeness (QED) is 0.343. The molecule has 0 radical (unpaired) electrons. The van der Waals surface area contributed by atoms with Gasteiger partial charge in [0, 0.05) is 33.3 Å². The van der Waals surface area contributed by atoms with Gasteiger partial charge in [-0.05, 0) is 41.5 Å². The van der Waals surface area contributed by atoms with E-state index in [4.69, 9.17) is 17.3 Å².